The second kappa shape index (κ2) is 6.87. The molecule has 0 unspecified atom stereocenters. The van der Waals surface area contributed by atoms with E-state index in [0.29, 0.717) is 32.6 Å². The molecule has 22 heavy (non-hydrogen) atoms. The second-order valence-corrected chi connectivity index (χ2v) is 5.66. The maximum absolute atomic E-state index is 14.2. The quantitative estimate of drug-likeness (QED) is 0.925. The van der Waals surface area contributed by atoms with E-state index in [0.717, 1.165) is 5.56 Å². The summed E-state index contributed by atoms with van der Waals surface area (Å²) in [4.78, 5) is 26.6. The van der Waals surface area contributed by atoms with Crippen LogP contribution in [0.2, 0.25) is 0 Å². The Morgan fingerprint density at radius 3 is 2.55 bits per heavy atom. The summed E-state index contributed by atoms with van der Waals surface area (Å²) < 4.78 is 14.2. The lowest BCUT2D eigenvalue weighted by Gasteiger charge is -2.28. The van der Waals surface area contributed by atoms with Crippen LogP contribution in [0.25, 0.3) is 0 Å². The van der Waals surface area contributed by atoms with Crippen LogP contribution in [-0.2, 0) is 9.59 Å². The molecular formula is C16H21FN2O3. The van der Waals surface area contributed by atoms with Crippen LogP contribution < -0.4 is 0 Å². The summed E-state index contributed by atoms with van der Waals surface area (Å²) in [6.45, 7) is 5.28. The van der Waals surface area contributed by atoms with Crippen molar-refractivity contribution in [1.82, 2.24) is 9.80 Å². The van der Waals surface area contributed by atoms with Gasteiger partial charge in [-0.25, -0.2) is 4.39 Å². The van der Waals surface area contributed by atoms with Gasteiger partial charge in [-0.05, 0) is 25.0 Å². The van der Waals surface area contributed by atoms with Crippen molar-refractivity contribution >= 4 is 11.9 Å². The fraction of sp³-hybridized carbons (Fsp3) is 0.500. The van der Waals surface area contributed by atoms with E-state index in [2.05, 4.69) is 0 Å². The SMILES string of the molecule is CC(=O)N1CCCN([C@@H](C(=O)O)c2ccc(C)cc2F)CC1. The summed E-state index contributed by atoms with van der Waals surface area (Å²) in [6, 6.07) is 3.59. The molecule has 6 heteroatoms. The largest absolute Gasteiger partial charge is 0.480 e. The van der Waals surface area contributed by atoms with Crippen LogP contribution >= 0.6 is 0 Å². The molecule has 1 aliphatic heterocycles. The normalized spacial score (nSPS) is 17.9. The summed E-state index contributed by atoms with van der Waals surface area (Å²) in [5.41, 5.74) is 0.929. The zero-order valence-electron chi connectivity index (χ0n) is 12.9. The van der Waals surface area contributed by atoms with Gasteiger partial charge in [-0.2, -0.15) is 0 Å². The van der Waals surface area contributed by atoms with E-state index in [1.807, 2.05) is 0 Å². The van der Waals surface area contributed by atoms with Gasteiger partial charge in [0.1, 0.15) is 11.9 Å². The highest BCUT2D eigenvalue weighted by Crippen LogP contribution is 2.25. The second-order valence-electron chi connectivity index (χ2n) is 5.66. The molecule has 1 fully saturated rings. The number of carbonyl (C=O) groups is 2. The lowest BCUT2D eigenvalue weighted by Crippen LogP contribution is -2.38. The van der Waals surface area contributed by atoms with Gasteiger partial charge in [0.05, 0.1) is 0 Å². The molecule has 1 aliphatic rings. The van der Waals surface area contributed by atoms with Gasteiger partial charge in [-0.15, -0.1) is 0 Å². The Balaban J connectivity index is 2.24. The molecule has 0 saturated carbocycles. The zero-order valence-corrected chi connectivity index (χ0v) is 12.9. The van der Waals surface area contributed by atoms with Gasteiger partial charge in [-0.1, -0.05) is 12.1 Å². The summed E-state index contributed by atoms with van der Waals surface area (Å²) in [7, 11) is 0. The Hall–Kier alpha value is -1.95. The summed E-state index contributed by atoms with van der Waals surface area (Å²) >= 11 is 0. The Bertz CT molecular complexity index is 577. The molecule has 1 N–H and O–H groups in total. The van der Waals surface area contributed by atoms with Gasteiger partial charge in [0.25, 0.3) is 0 Å². The third-order valence-electron chi connectivity index (χ3n) is 4.03. The van der Waals surface area contributed by atoms with E-state index in [1.54, 1.807) is 22.8 Å². The van der Waals surface area contributed by atoms with Gasteiger partial charge in [0, 0.05) is 38.7 Å². The lowest BCUT2D eigenvalue weighted by molar-refractivity contribution is -0.143. The monoisotopic (exact) mass is 308 g/mol. The highest BCUT2D eigenvalue weighted by atomic mass is 19.1. The maximum Gasteiger partial charge on any atom is 0.325 e. The number of carboxylic acids is 1. The first kappa shape index (κ1) is 16.4. The van der Waals surface area contributed by atoms with E-state index < -0.39 is 17.8 Å². The van der Waals surface area contributed by atoms with E-state index in [1.165, 1.54) is 19.1 Å². The third kappa shape index (κ3) is 3.62. The summed E-state index contributed by atoms with van der Waals surface area (Å²) in [5, 5.41) is 9.55. The predicted molar refractivity (Wildman–Crippen MR) is 80.0 cm³/mol. The number of benzene rings is 1. The number of halogens is 1. The molecule has 1 atom stereocenters. The molecule has 1 saturated heterocycles. The minimum Gasteiger partial charge on any atom is -0.480 e. The van der Waals surface area contributed by atoms with E-state index in [4.69, 9.17) is 0 Å². The van der Waals surface area contributed by atoms with Crippen molar-refractivity contribution in [2.75, 3.05) is 26.2 Å². The van der Waals surface area contributed by atoms with Crippen molar-refractivity contribution < 1.29 is 19.1 Å². The number of rotatable bonds is 3. The number of amides is 1. The number of carbonyl (C=O) groups excluding carboxylic acids is 1. The third-order valence-corrected chi connectivity index (χ3v) is 4.03. The minimum atomic E-state index is -1.07. The number of carboxylic acid groups (broad SMARTS) is 1. The summed E-state index contributed by atoms with van der Waals surface area (Å²) in [6.07, 6.45) is 0.677. The van der Waals surface area contributed by atoms with Gasteiger partial charge in [-0.3, -0.25) is 14.5 Å². The van der Waals surface area contributed by atoms with E-state index in [9.17, 15) is 19.1 Å². The molecule has 1 heterocycles. The van der Waals surface area contributed by atoms with Crippen molar-refractivity contribution in [3.8, 4) is 0 Å². The molecule has 1 aromatic rings. The lowest BCUT2D eigenvalue weighted by atomic mass is 10.0. The molecule has 0 radical (unpaired) electrons. The molecule has 1 aromatic carbocycles. The maximum atomic E-state index is 14.2. The molecule has 120 valence electrons. The van der Waals surface area contributed by atoms with Crippen LogP contribution in [0.15, 0.2) is 18.2 Å². The molecule has 0 spiro atoms. The van der Waals surface area contributed by atoms with Gasteiger partial charge < -0.3 is 10.0 Å². The fourth-order valence-electron chi connectivity index (χ4n) is 2.85. The van der Waals surface area contributed by atoms with Gasteiger partial charge >= 0.3 is 5.97 Å². The molecule has 0 aliphatic carbocycles. The fourth-order valence-corrected chi connectivity index (χ4v) is 2.85. The number of hydrogen-bond acceptors (Lipinski definition) is 3. The zero-order chi connectivity index (χ0) is 16.3. The Kier molecular flexibility index (Phi) is 5.13. The number of hydrogen-bond donors (Lipinski definition) is 1. The summed E-state index contributed by atoms with van der Waals surface area (Å²) in [5.74, 6) is -1.59. The Morgan fingerprint density at radius 2 is 1.95 bits per heavy atom. The minimum absolute atomic E-state index is 0.0183. The highest BCUT2D eigenvalue weighted by molar-refractivity contribution is 5.76. The van der Waals surface area contributed by atoms with Crippen molar-refractivity contribution in [2.45, 2.75) is 26.3 Å². The van der Waals surface area contributed by atoms with Crippen LogP contribution in [0.5, 0.6) is 0 Å². The Labute approximate surface area is 129 Å². The van der Waals surface area contributed by atoms with Gasteiger partial charge in [0.2, 0.25) is 5.91 Å². The predicted octanol–water partition coefficient (Wildman–Crippen LogP) is 1.81. The average Bonchev–Trinajstić information content (AvgIpc) is 2.67. The van der Waals surface area contributed by atoms with Gasteiger partial charge in [0.15, 0.2) is 0 Å². The Morgan fingerprint density at radius 1 is 1.23 bits per heavy atom. The number of aryl methyl sites for hydroxylation is 1. The van der Waals surface area contributed by atoms with Crippen molar-refractivity contribution in [3.05, 3.63) is 35.1 Å². The van der Waals surface area contributed by atoms with Crippen molar-refractivity contribution in [2.24, 2.45) is 0 Å². The van der Waals surface area contributed by atoms with Crippen LogP contribution in [-0.4, -0.2) is 53.0 Å². The van der Waals surface area contributed by atoms with Crippen LogP contribution in [0.4, 0.5) is 4.39 Å². The highest BCUT2D eigenvalue weighted by Gasteiger charge is 2.31. The van der Waals surface area contributed by atoms with Crippen LogP contribution in [0.3, 0.4) is 0 Å². The van der Waals surface area contributed by atoms with Crippen LogP contribution in [0, 0.1) is 12.7 Å². The molecule has 0 aromatic heterocycles. The van der Waals surface area contributed by atoms with Crippen molar-refractivity contribution in [1.29, 1.82) is 0 Å². The molecule has 1 amide bonds. The van der Waals surface area contributed by atoms with Crippen molar-refractivity contribution in [3.63, 3.8) is 0 Å². The first-order chi connectivity index (χ1) is 10.4. The molecule has 2 rings (SSSR count). The smallest absolute Gasteiger partial charge is 0.325 e. The van der Waals surface area contributed by atoms with E-state index >= 15 is 0 Å². The molecular weight excluding hydrogens is 287 g/mol. The topological polar surface area (TPSA) is 60.9 Å². The average molecular weight is 308 g/mol. The van der Waals surface area contributed by atoms with Crippen LogP contribution in [0.1, 0.15) is 30.5 Å². The first-order valence-corrected chi connectivity index (χ1v) is 7.38. The number of aliphatic carboxylic acids is 1. The standard InChI is InChI=1S/C16H21FN2O3/c1-11-4-5-13(14(17)10-11)15(16(21)22)19-7-3-6-18(8-9-19)12(2)20/h4-5,10,15H,3,6-9H2,1-2H3,(H,21,22)/t15-/m1/s1. The molecule has 5 nitrogen and oxygen atoms in total. The first-order valence-electron chi connectivity index (χ1n) is 7.38. The molecule has 0 bridgehead atoms. The van der Waals surface area contributed by atoms with E-state index in [-0.39, 0.29) is 11.5 Å². The number of nitrogens with zero attached hydrogens (tertiary/aromatic N) is 2.